The van der Waals surface area contributed by atoms with Crippen LogP contribution in [0.1, 0.15) is 89.5 Å². The van der Waals surface area contributed by atoms with Crippen LogP contribution < -0.4 is 5.32 Å². The number of benzene rings is 1. The molecular formula is C24H39NO5. The van der Waals surface area contributed by atoms with Gasteiger partial charge in [0.1, 0.15) is 11.8 Å². The number of aromatic hydroxyl groups is 1. The Bertz CT molecular complexity index is 605. The zero-order valence-electron chi connectivity index (χ0n) is 18.4. The van der Waals surface area contributed by atoms with Crippen LogP contribution in [0.2, 0.25) is 0 Å². The molecule has 6 heteroatoms. The topological polar surface area (TPSA) is 95.9 Å². The first kappa shape index (κ1) is 26.0. The highest BCUT2D eigenvalue weighted by molar-refractivity contribution is 5.75. The minimum atomic E-state index is -1.02. The fraction of sp³-hybridized carbons (Fsp3) is 0.667. The van der Waals surface area contributed by atoms with Gasteiger partial charge in [0.15, 0.2) is 0 Å². The first-order valence-electron chi connectivity index (χ1n) is 11.4. The van der Waals surface area contributed by atoms with Crippen molar-refractivity contribution in [2.24, 2.45) is 0 Å². The summed E-state index contributed by atoms with van der Waals surface area (Å²) in [5, 5.41) is 22.0. The van der Waals surface area contributed by atoms with Crippen molar-refractivity contribution in [3.8, 4) is 5.75 Å². The number of rotatable bonds is 18. The van der Waals surface area contributed by atoms with Gasteiger partial charge in [0.25, 0.3) is 0 Å². The van der Waals surface area contributed by atoms with Crippen LogP contribution in [-0.4, -0.2) is 34.8 Å². The van der Waals surface area contributed by atoms with Gasteiger partial charge in [0.05, 0.1) is 6.61 Å². The second-order valence-electron chi connectivity index (χ2n) is 7.84. The Balaban J connectivity index is 2.08. The molecule has 0 aliphatic rings. The van der Waals surface area contributed by atoms with Crippen LogP contribution in [0.4, 0.5) is 0 Å². The molecular weight excluding hydrogens is 382 g/mol. The number of unbranched alkanes of at least 4 members (excludes halogenated alkanes) is 9. The van der Waals surface area contributed by atoms with Crippen LogP contribution in [0.5, 0.6) is 5.75 Å². The summed E-state index contributed by atoms with van der Waals surface area (Å²) < 4.78 is 5.23. The number of carboxylic acids is 1. The first-order valence-corrected chi connectivity index (χ1v) is 11.4. The summed E-state index contributed by atoms with van der Waals surface area (Å²) in [4.78, 5) is 23.3. The first-order chi connectivity index (χ1) is 14.5. The molecule has 0 aliphatic heterocycles. The lowest BCUT2D eigenvalue weighted by atomic mass is 10.1. The van der Waals surface area contributed by atoms with Crippen molar-refractivity contribution >= 4 is 11.9 Å². The van der Waals surface area contributed by atoms with Gasteiger partial charge in [-0.15, -0.1) is 0 Å². The third-order valence-corrected chi connectivity index (χ3v) is 5.23. The van der Waals surface area contributed by atoms with Crippen molar-refractivity contribution in [3.63, 3.8) is 0 Å². The second-order valence-corrected chi connectivity index (χ2v) is 7.84. The van der Waals surface area contributed by atoms with Gasteiger partial charge in [-0.2, -0.15) is 0 Å². The van der Waals surface area contributed by atoms with E-state index in [2.05, 4.69) is 12.2 Å². The zero-order chi connectivity index (χ0) is 22.0. The predicted octanol–water partition coefficient (Wildman–Crippen LogP) is 5.18. The fourth-order valence-electron chi connectivity index (χ4n) is 3.32. The summed E-state index contributed by atoms with van der Waals surface area (Å²) in [5.41, 5.74) is 0.618. The molecule has 6 nitrogen and oxygen atoms in total. The van der Waals surface area contributed by atoms with E-state index in [0.29, 0.717) is 12.2 Å². The number of carboxylic acid groups (broad SMARTS) is 1. The molecule has 3 N–H and O–H groups in total. The number of phenols is 1. The standard InChI is InChI=1S/C24H39NO5/c1-2-3-4-5-6-7-8-9-10-13-18-30-23(27)17-16-21(24(28)29)25-19-20-14-11-12-15-22(20)26/h11-12,14-15,21,25-26H,2-10,13,16-19H2,1H3,(H,28,29)/t21-/m0/s1. The molecule has 1 aromatic rings. The van der Waals surface area contributed by atoms with E-state index in [1.54, 1.807) is 24.3 Å². The molecule has 0 unspecified atom stereocenters. The Labute approximate surface area is 181 Å². The molecule has 0 radical (unpaired) electrons. The van der Waals surface area contributed by atoms with Crippen molar-refractivity contribution in [2.45, 2.75) is 96.6 Å². The van der Waals surface area contributed by atoms with Crippen LogP contribution >= 0.6 is 0 Å². The largest absolute Gasteiger partial charge is 0.508 e. The summed E-state index contributed by atoms with van der Waals surface area (Å²) >= 11 is 0. The highest BCUT2D eigenvalue weighted by atomic mass is 16.5. The highest BCUT2D eigenvalue weighted by Gasteiger charge is 2.19. The molecule has 1 rings (SSSR count). The van der Waals surface area contributed by atoms with Crippen LogP contribution in [0, 0.1) is 0 Å². The van der Waals surface area contributed by atoms with Crippen LogP contribution in [0.15, 0.2) is 24.3 Å². The number of carbonyl (C=O) groups excluding carboxylic acids is 1. The number of hydrogen-bond acceptors (Lipinski definition) is 5. The Morgan fingerprint density at radius 2 is 1.57 bits per heavy atom. The van der Waals surface area contributed by atoms with Gasteiger partial charge in [-0.1, -0.05) is 82.9 Å². The lowest BCUT2D eigenvalue weighted by Gasteiger charge is -2.14. The maximum absolute atomic E-state index is 11.9. The van der Waals surface area contributed by atoms with E-state index in [1.807, 2.05) is 0 Å². The molecule has 0 heterocycles. The molecule has 0 saturated heterocycles. The van der Waals surface area contributed by atoms with Crippen molar-refractivity contribution in [1.29, 1.82) is 0 Å². The van der Waals surface area contributed by atoms with E-state index in [4.69, 9.17) is 4.74 Å². The molecule has 30 heavy (non-hydrogen) atoms. The molecule has 0 spiro atoms. The fourth-order valence-corrected chi connectivity index (χ4v) is 3.32. The molecule has 1 aromatic carbocycles. The maximum atomic E-state index is 11.9. The number of phenolic OH excluding ortho intramolecular Hbond substituents is 1. The van der Waals surface area contributed by atoms with Gasteiger partial charge in [0.2, 0.25) is 0 Å². The summed E-state index contributed by atoms with van der Waals surface area (Å²) in [5.74, 6) is -1.26. The van der Waals surface area contributed by atoms with Gasteiger partial charge in [-0.3, -0.25) is 9.59 Å². The Morgan fingerprint density at radius 1 is 0.967 bits per heavy atom. The molecule has 1 atom stereocenters. The minimum absolute atomic E-state index is 0.0580. The van der Waals surface area contributed by atoms with Gasteiger partial charge in [-0.05, 0) is 18.9 Å². The molecule has 0 bridgehead atoms. The number of esters is 1. The van der Waals surface area contributed by atoms with Gasteiger partial charge < -0.3 is 20.3 Å². The smallest absolute Gasteiger partial charge is 0.320 e. The summed E-state index contributed by atoms with van der Waals surface area (Å²) in [6.45, 7) is 2.85. The van der Waals surface area contributed by atoms with Crippen molar-refractivity contribution in [2.75, 3.05) is 6.61 Å². The average Bonchev–Trinajstić information content (AvgIpc) is 2.73. The Morgan fingerprint density at radius 3 is 2.17 bits per heavy atom. The predicted molar refractivity (Wildman–Crippen MR) is 118 cm³/mol. The van der Waals surface area contributed by atoms with Gasteiger partial charge in [0, 0.05) is 18.5 Å². The minimum Gasteiger partial charge on any atom is -0.508 e. The van der Waals surface area contributed by atoms with E-state index in [-0.39, 0.29) is 31.1 Å². The Hall–Kier alpha value is -2.08. The van der Waals surface area contributed by atoms with Gasteiger partial charge in [-0.25, -0.2) is 0 Å². The number of para-hydroxylation sites is 1. The molecule has 0 fully saturated rings. The molecule has 0 amide bonds. The number of hydrogen-bond donors (Lipinski definition) is 3. The van der Waals surface area contributed by atoms with E-state index in [0.717, 1.165) is 12.8 Å². The molecule has 0 aliphatic carbocycles. The van der Waals surface area contributed by atoms with Crippen LogP contribution in [0.25, 0.3) is 0 Å². The molecule has 0 aromatic heterocycles. The van der Waals surface area contributed by atoms with Crippen molar-refractivity contribution in [1.82, 2.24) is 5.32 Å². The Kier molecular flexibility index (Phi) is 14.4. The number of carbonyl (C=O) groups is 2. The second kappa shape index (κ2) is 16.7. The van der Waals surface area contributed by atoms with Crippen molar-refractivity contribution < 1.29 is 24.5 Å². The maximum Gasteiger partial charge on any atom is 0.320 e. The summed E-state index contributed by atoms with van der Waals surface area (Å²) in [7, 11) is 0. The summed E-state index contributed by atoms with van der Waals surface area (Å²) in [6.07, 6.45) is 12.4. The van der Waals surface area contributed by atoms with E-state index < -0.39 is 12.0 Å². The lowest BCUT2D eigenvalue weighted by Crippen LogP contribution is -2.36. The van der Waals surface area contributed by atoms with Gasteiger partial charge >= 0.3 is 11.9 Å². The van der Waals surface area contributed by atoms with Crippen molar-refractivity contribution in [3.05, 3.63) is 29.8 Å². The normalized spacial score (nSPS) is 11.9. The monoisotopic (exact) mass is 421 g/mol. The quantitative estimate of drug-likeness (QED) is 0.223. The van der Waals surface area contributed by atoms with E-state index in [1.165, 1.54) is 51.4 Å². The van der Waals surface area contributed by atoms with Crippen LogP contribution in [-0.2, 0) is 20.9 Å². The SMILES string of the molecule is CCCCCCCCCCCCOC(=O)CC[C@H](NCc1ccccc1O)C(=O)O. The lowest BCUT2D eigenvalue weighted by molar-refractivity contribution is -0.144. The zero-order valence-corrected chi connectivity index (χ0v) is 18.4. The summed E-state index contributed by atoms with van der Waals surface area (Å²) in [6, 6.07) is 5.89. The number of ether oxygens (including phenoxy) is 1. The van der Waals surface area contributed by atoms with Crippen LogP contribution in [0.3, 0.4) is 0 Å². The number of aliphatic carboxylic acids is 1. The third kappa shape index (κ3) is 12.5. The molecule has 0 saturated carbocycles. The third-order valence-electron chi connectivity index (χ3n) is 5.23. The average molecular weight is 422 g/mol. The number of nitrogens with one attached hydrogen (secondary N) is 1. The van der Waals surface area contributed by atoms with E-state index >= 15 is 0 Å². The van der Waals surface area contributed by atoms with E-state index in [9.17, 15) is 19.8 Å². The molecule has 170 valence electrons. The highest BCUT2D eigenvalue weighted by Crippen LogP contribution is 2.15.